The highest BCUT2D eigenvalue weighted by Crippen LogP contribution is 2.26. The number of nitrogens with two attached hydrogens (primary N) is 1. The number of fused-ring (bicyclic) bond motifs is 1. The van der Waals surface area contributed by atoms with E-state index < -0.39 is 0 Å². The largest absolute Gasteiger partial charge is 0.330 e. The minimum Gasteiger partial charge on any atom is -0.330 e. The molecule has 0 aliphatic carbocycles. The van der Waals surface area contributed by atoms with Gasteiger partial charge >= 0.3 is 0 Å². The standard InChI is InChI=1S/C18H21N3/c1-3-14-7-9-15(10-8-14)18-16(11-12-19)21-13(2)5-4-6-17(21)20-18/h4-10H,3,11-12,19H2,1-2H3. The smallest absolute Gasteiger partial charge is 0.137 e. The van der Waals surface area contributed by atoms with Gasteiger partial charge in [-0.15, -0.1) is 0 Å². The Morgan fingerprint density at radius 3 is 2.52 bits per heavy atom. The minimum atomic E-state index is 0.627. The van der Waals surface area contributed by atoms with E-state index in [9.17, 15) is 0 Å². The van der Waals surface area contributed by atoms with E-state index in [2.05, 4.69) is 54.6 Å². The number of benzene rings is 1. The van der Waals surface area contributed by atoms with Crippen LogP contribution in [-0.2, 0) is 12.8 Å². The third-order valence-corrected chi connectivity index (χ3v) is 3.95. The van der Waals surface area contributed by atoms with Crippen molar-refractivity contribution in [3.8, 4) is 11.3 Å². The molecule has 3 nitrogen and oxygen atoms in total. The lowest BCUT2D eigenvalue weighted by Crippen LogP contribution is -2.07. The van der Waals surface area contributed by atoms with Crippen LogP contribution in [0.5, 0.6) is 0 Å². The van der Waals surface area contributed by atoms with E-state index in [1.165, 1.54) is 22.5 Å². The van der Waals surface area contributed by atoms with Crippen molar-refractivity contribution in [2.75, 3.05) is 6.54 Å². The summed E-state index contributed by atoms with van der Waals surface area (Å²) in [6.07, 6.45) is 1.89. The quantitative estimate of drug-likeness (QED) is 0.795. The van der Waals surface area contributed by atoms with Gasteiger partial charge in [-0.3, -0.25) is 0 Å². The molecule has 0 unspecified atom stereocenters. The first kappa shape index (κ1) is 13.8. The summed E-state index contributed by atoms with van der Waals surface area (Å²) in [6, 6.07) is 14.9. The molecule has 108 valence electrons. The SMILES string of the molecule is CCc1ccc(-c2nc3cccc(C)n3c2CCN)cc1. The summed E-state index contributed by atoms with van der Waals surface area (Å²) < 4.78 is 2.22. The molecule has 0 saturated carbocycles. The highest BCUT2D eigenvalue weighted by molar-refractivity contribution is 5.67. The Kier molecular flexibility index (Phi) is 3.76. The number of nitrogens with zero attached hydrogens (tertiary/aromatic N) is 2. The molecule has 0 radical (unpaired) electrons. The van der Waals surface area contributed by atoms with Crippen LogP contribution in [0.1, 0.15) is 23.9 Å². The zero-order valence-electron chi connectivity index (χ0n) is 12.6. The predicted octanol–water partition coefficient (Wildman–Crippen LogP) is 3.37. The Hall–Kier alpha value is -2.13. The van der Waals surface area contributed by atoms with Crippen molar-refractivity contribution in [3.63, 3.8) is 0 Å². The van der Waals surface area contributed by atoms with E-state index in [0.717, 1.165) is 24.2 Å². The van der Waals surface area contributed by atoms with Crippen molar-refractivity contribution < 1.29 is 0 Å². The fourth-order valence-electron chi connectivity index (χ4n) is 2.82. The van der Waals surface area contributed by atoms with Gasteiger partial charge in [0.05, 0.1) is 11.4 Å². The molecular weight excluding hydrogens is 258 g/mol. The van der Waals surface area contributed by atoms with Gasteiger partial charge in [-0.25, -0.2) is 4.98 Å². The van der Waals surface area contributed by atoms with Crippen LogP contribution in [0.4, 0.5) is 0 Å². The topological polar surface area (TPSA) is 43.3 Å². The third kappa shape index (κ3) is 2.45. The zero-order valence-corrected chi connectivity index (χ0v) is 12.6. The van der Waals surface area contributed by atoms with Gasteiger partial charge in [-0.1, -0.05) is 37.3 Å². The normalized spacial score (nSPS) is 11.2. The average molecular weight is 279 g/mol. The van der Waals surface area contributed by atoms with Crippen LogP contribution in [0.25, 0.3) is 16.9 Å². The summed E-state index contributed by atoms with van der Waals surface area (Å²) in [5, 5.41) is 0. The molecule has 2 heterocycles. The molecule has 0 saturated heterocycles. The van der Waals surface area contributed by atoms with Gasteiger partial charge in [-0.2, -0.15) is 0 Å². The highest BCUT2D eigenvalue weighted by Gasteiger charge is 2.14. The van der Waals surface area contributed by atoms with Gasteiger partial charge < -0.3 is 10.1 Å². The van der Waals surface area contributed by atoms with Crippen molar-refractivity contribution in [1.29, 1.82) is 0 Å². The number of imidazole rings is 1. The Morgan fingerprint density at radius 1 is 1.10 bits per heavy atom. The first-order valence-electron chi connectivity index (χ1n) is 7.51. The molecular formula is C18H21N3. The number of aryl methyl sites for hydroxylation is 2. The minimum absolute atomic E-state index is 0.627. The number of hydrogen-bond acceptors (Lipinski definition) is 2. The van der Waals surface area contributed by atoms with Crippen LogP contribution in [0.15, 0.2) is 42.5 Å². The van der Waals surface area contributed by atoms with Gasteiger partial charge in [0.25, 0.3) is 0 Å². The molecule has 1 aromatic carbocycles. The lowest BCUT2D eigenvalue weighted by Gasteiger charge is -2.07. The molecule has 2 N–H and O–H groups in total. The molecule has 3 aromatic rings. The van der Waals surface area contributed by atoms with Crippen LogP contribution in [0.3, 0.4) is 0 Å². The molecule has 0 amide bonds. The summed E-state index contributed by atoms with van der Waals surface area (Å²) in [7, 11) is 0. The number of hydrogen-bond donors (Lipinski definition) is 1. The molecule has 0 atom stereocenters. The van der Waals surface area contributed by atoms with Crippen LogP contribution >= 0.6 is 0 Å². The van der Waals surface area contributed by atoms with Crippen LogP contribution in [0.2, 0.25) is 0 Å². The van der Waals surface area contributed by atoms with E-state index in [1.54, 1.807) is 0 Å². The second kappa shape index (κ2) is 5.70. The van der Waals surface area contributed by atoms with E-state index >= 15 is 0 Å². The molecule has 0 aliphatic heterocycles. The van der Waals surface area contributed by atoms with Crippen LogP contribution in [0, 0.1) is 6.92 Å². The van der Waals surface area contributed by atoms with E-state index in [0.29, 0.717) is 6.54 Å². The fourth-order valence-corrected chi connectivity index (χ4v) is 2.82. The van der Waals surface area contributed by atoms with Crippen molar-refractivity contribution in [3.05, 3.63) is 59.4 Å². The van der Waals surface area contributed by atoms with E-state index in [4.69, 9.17) is 10.7 Å². The summed E-state index contributed by atoms with van der Waals surface area (Å²) in [6.45, 7) is 4.91. The molecule has 3 rings (SSSR count). The Labute approximate surface area is 125 Å². The average Bonchev–Trinajstić information content (AvgIpc) is 2.88. The maximum Gasteiger partial charge on any atom is 0.137 e. The molecule has 0 fully saturated rings. The summed E-state index contributed by atoms with van der Waals surface area (Å²) in [5.74, 6) is 0. The maximum absolute atomic E-state index is 5.81. The molecule has 0 aliphatic rings. The van der Waals surface area contributed by atoms with Crippen molar-refractivity contribution >= 4 is 5.65 Å². The molecule has 0 spiro atoms. The summed E-state index contributed by atoms with van der Waals surface area (Å²) >= 11 is 0. The fraction of sp³-hybridized carbons (Fsp3) is 0.278. The highest BCUT2D eigenvalue weighted by atomic mass is 15.0. The summed E-state index contributed by atoms with van der Waals surface area (Å²) in [5.41, 5.74) is 12.8. The monoisotopic (exact) mass is 279 g/mol. The predicted molar refractivity (Wildman–Crippen MR) is 87.5 cm³/mol. The first-order chi connectivity index (χ1) is 10.2. The van der Waals surface area contributed by atoms with Gasteiger partial charge in [0.2, 0.25) is 0 Å². The van der Waals surface area contributed by atoms with E-state index in [-0.39, 0.29) is 0 Å². The van der Waals surface area contributed by atoms with Crippen molar-refractivity contribution in [1.82, 2.24) is 9.38 Å². The number of pyridine rings is 1. The van der Waals surface area contributed by atoms with Crippen molar-refractivity contribution in [2.24, 2.45) is 5.73 Å². The second-order valence-corrected chi connectivity index (χ2v) is 5.36. The van der Waals surface area contributed by atoms with Gasteiger partial charge in [0, 0.05) is 17.7 Å². The van der Waals surface area contributed by atoms with Crippen LogP contribution in [-0.4, -0.2) is 15.9 Å². The lowest BCUT2D eigenvalue weighted by molar-refractivity contribution is 0.891. The van der Waals surface area contributed by atoms with Gasteiger partial charge in [0.1, 0.15) is 5.65 Å². The molecule has 2 aromatic heterocycles. The second-order valence-electron chi connectivity index (χ2n) is 5.36. The lowest BCUT2D eigenvalue weighted by atomic mass is 10.1. The van der Waals surface area contributed by atoms with Crippen LogP contribution < -0.4 is 5.73 Å². The third-order valence-electron chi connectivity index (χ3n) is 3.95. The zero-order chi connectivity index (χ0) is 14.8. The Bertz CT molecular complexity index is 754. The first-order valence-corrected chi connectivity index (χ1v) is 7.51. The Morgan fingerprint density at radius 2 is 1.86 bits per heavy atom. The Balaban J connectivity index is 2.20. The van der Waals surface area contributed by atoms with E-state index in [1.807, 2.05) is 6.07 Å². The molecule has 3 heteroatoms. The molecule has 0 bridgehead atoms. The summed E-state index contributed by atoms with van der Waals surface area (Å²) in [4.78, 5) is 4.83. The van der Waals surface area contributed by atoms with Gasteiger partial charge in [0.15, 0.2) is 0 Å². The number of rotatable bonds is 4. The van der Waals surface area contributed by atoms with Crippen molar-refractivity contribution in [2.45, 2.75) is 26.7 Å². The molecule has 21 heavy (non-hydrogen) atoms. The van der Waals surface area contributed by atoms with Gasteiger partial charge in [-0.05, 0) is 37.6 Å². The maximum atomic E-state index is 5.81. The number of aromatic nitrogens is 2.